The van der Waals surface area contributed by atoms with Crippen LogP contribution in [0, 0.1) is 5.82 Å². The first-order valence-electron chi connectivity index (χ1n) is 9.69. The van der Waals surface area contributed by atoms with Crippen LogP contribution in [0.25, 0.3) is 5.69 Å². The smallest absolute Gasteiger partial charge is 0.258 e. The molecule has 1 N–H and O–H groups in total. The number of rotatable bonds is 7. The highest BCUT2D eigenvalue weighted by Crippen LogP contribution is 2.15. The fourth-order valence-electron chi connectivity index (χ4n) is 3.25. The third-order valence-corrected chi connectivity index (χ3v) is 4.93. The topological polar surface area (TPSA) is 52.5 Å². The molecular weight excluding hydrogens is 371 g/mol. The molecule has 1 aliphatic rings. The molecule has 1 saturated heterocycles. The number of benzene rings is 2. The Balaban J connectivity index is 1.38. The molecule has 0 amide bonds. The number of nitrogens with zero attached hydrogens (tertiary/aromatic N) is 1. The number of aromatic nitrogens is 1. The standard InChI is InChI=1S/C23H23FN2O3/c24-19-5-1-17(2-6-19)15-28-21-10-12-26(23(27)13-21)20-7-3-18(4-8-20)16-29-22-9-11-25-14-22/h1-8,10,12-13,22,25H,9,11,14-16H2. The van der Waals surface area contributed by atoms with Crippen LogP contribution in [0.3, 0.4) is 0 Å². The Morgan fingerprint density at radius 2 is 1.72 bits per heavy atom. The quantitative estimate of drug-likeness (QED) is 0.667. The summed E-state index contributed by atoms with van der Waals surface area (Å²) in [5, 5.41) is 3.28. The monoisotopic (exact) mass is 394 g/mol. The summed E-state index contributed by atoms with van der Waals surface area (Å²) in [4.78, 5) is 12.5. The van der Waals surface area contributed by atoms with E-state index < -0.39 is 0 Å². The Labute approximate surface area is 168 Å². The van der Waals surface area contributed by atoms with Gasteiger partial charge in [0.1, 0.15) is 18.2 Å². The largest absolute Gasteiger partial charge is 0.489 e. The van der Waals surface area contributed by atoms with Gasteiger partial charge in [0.25, 0.3) is 5.56 Å². The summed E-state index contributed by atoms with van der Waals surface area (Å²) in [6.45, 7) is 2.76. The van der Waals surface area contributed by atoms with Crippen molar-refractivity contribution in [3.8, 4) is 11.4 Å². The Morgan fingerprint density at radius 3 is 2.41 bits per heavy atom. The first kappa shape index (κ1) is 19.4. The second-order valence-electron chi connectivity index (χ2n) is 7.08. The third kappa shape index (κ3) is 5.10. The van der Waals surface area contributed by atoms with Crippen LogP contribution in [0.15, 0.2) is 71.7 Å². The molecule has 5 nitrogen and oxygen atoms in total. The zero-order valence-corrected chi connectivity index (χ0v) is 16.0. The summed E-state index contributed by atoms with van der Waals surface area (Å²) in [6, 6.07) is 17.1. The molecule has 150 valence electrons. The fourth-order valence-corrected chi connectivity index (χ4v) is 3.25. The van der Waals surface area contributed by atoms with Gasteiger partial charge in [-0.3, -0.25) is 9.36 Å². The Bertz CT molecular complexity index is 994. The molecule has 0 bridgehead atoms. The lowest BCUT2D eigenvalue weighted by molar-refractivity contribution is 0.0542. The van der Waals surface area contributed by atoms with Crippen LogP contribution in [0.2, 0.25) is 0 Å². The van der Waals surface area contributed by atoms with E-state index in [1.807, 2.05) is 24.3 Å². The minimum absolute atomic E-state index is 0.178. The number of pyridine rings is 1. The Hall–Kier alpha value is -2.96. The van der Waals surface area contributed by atoms with Crippen molar-refractivity contribution in [2.75, 3.05) is 13.1 Å². The highest BCUT2D eigenvalue weighted by Gasteiger charge is 2.14. The van der Waals surface area contributed by atoms with E-state index in [-0.39, 0.29) is 24.1 Å². The van der Waals surface area contributed by atoms with Crippen molar-refractivity contribution in [3.63, 3.8) is 0 Å². The maximum atomic E-state index is 13.0. The maximum absolute atomic E-state index is 13.0. The molecule has 1 fully saturated rings. The van der Waals surface area contributed by atoms with Gasteiger partial charge < -0.3 is 14.8 Å². The van der Waals surface area contributed by atoms with Crippen molar-refractivity contribution < 1.29 is 13.9 Å². The average molecular weight is 394 g/mol. The van der Waals surface area contributed by atoms with E-state index in [2.05, 4.69) is 5.32 Å². The second-order valence-corrected chi connectivity index (χ2v) is 7.08. The van der Waals surface area contributed by atoms with Crippen LogP contribution in [0.1, 0.15) is 17.5 Å². The number of halogens is 1. The van der Waals surface area contributed by atoms with Gasteiger partial charge in [0.05, 0.1) is 12.7 Å². The summed E-state index contributed by atoms with van der Waals surface area (Å²) in [5.74, 6) is 0.190. The van der Waals surface area contributed by atoms with E-state index in [1.165, 1.54) is 18.2 Å². The van der Waals surface area contributed by atoms with Gasteiger partial charge in [-0.1, -0.05) is 24.3 Å². The molecule has 2 heterocycles. The first-order valence-corrected chi connectivity index (χ1v) is 9.69. The molecule has 1 aliphatic heterocycles. The van der Waals surface area contributed by atoms with Crippen LogP contribution >= 0.6 is 0 Å². The van der Waals surface area contributed by atoms with Gasteiger partial charge in [-0.25, -0.2) is 4.39 Å². The van der Waals surface area contributed by atoms with Gasteiger partial charge in [-0.15, -0.1) is 0 Å². The van der Waals surface area contributed by atoms with Crippen molar-refractivity contribution in [3.05, 3.63) is 94.2 Å². The number of nitrogens with one attached hydrogen (secondary N) is 1. The van der Waals surface area contributed by atoms with Crippen molar-refractivity contribution in [1.29, 1.82) is 0 Å². The van der Waals surface area contributed by atoms with Crippen LogP contribution in [0.4, 0.5) is 4.39 Å². The minimum Gasteiger partial charge on any atom is -0.489 e. The van der Waals surface area contributed by atoms with Gasteiger partial charge in [0.15, 0.2) is 0 Å². The third-order valence-electron chi connectivity index (χ3n) is 4.93. The van der Waals surface area contributed by atoms with E-state index in [0.717, 1.165) is 36.3 Å². The zero-order chi connectivity index (χ0) is 20.1. The molecule has 4 rings (SSSR count). The van der Waals surface area contributed by atoms with E-state index in [9.17, 15) is 9.18 Å². The van der Waals surface area contributed by atoms with Crippen LogP contribution in [-0.2, 0) is 18.0 Å². The highest BCUT2D eigenvalue weighted by atomic mass is 19.1. The van der Waals surface area contributed by atoms with Gasteiger partial charge in [0, 0.05) is 24.5 Å². The summed E-state index contributed by atoms with van der Waals surface area (Å²) < 4.78 is 26.0. The molecule has 6 heteroatoms. The fraction of sp³-hybridized carbons (Fsp3) is 0.261. The Morgan fingerprint density at radius 1 is 1.00 bits per heavy atom. The van der Waals surface area contributed by atoms with E-state index >= 15 is 0 Å². The molecule has 0 radical (unpaired) electrons. The molecule has 29 heavy (non-hydrogen) atoms. The highest BCUT2D eigenvalue weighted by molar-refractivity contribution is 5.36. The molecule has 0 saturated carbocycles. The van der Waals surface area contributed by atoms with Crippen molar-refractivity contribution in [2.24, 2.45) is 0 Å². The predicted octanol–water partition coefficient (Wildman–Crippen LogP) is 3.43. The van der Waals surface area contributed by atoms with Crippen LogP contribution < -0.4 is 15.6 Å². The second kappa shape index (κ2) is 9.03. The molecule has 1 aromatic heterocycles. The minimum atomic E-state index is -0.288. The van der Waals surface area contributed by atoms with Gasteiger partial charge in [-0.2, -0.15) is 0 Å². The number of ether oxygens (including phenoxy) is 2. The van der Waals surface area contributed by atoms with Crippen molar-refractivity contribution >= 4 is 0 Å². The molecule has 0 spiro atoms. The van der Waals surface area contributed by atoms with Gasteiger partial charge in [-0.05, 0) is 54.4 Å². The molecule has 1 unspecified atom stereocenters. The summed E-state index contributed by atoms with van der Waals surface area (Å²) in [6.07, 6.45) is 3.01. The number of hydrogen-bond donors (Lipinski definition) is 1. The first-order chi connectivity index (χ1) is 14.2. The van der Waals surface area contributed by atoms with E-state index in [4.69, 9.17) is 9.47 Å². The number of hydrogen-bond acceptors (Lipinski definition) is 4. The zero-order valence-electron chi connectivity index (χ0n) is 16.0. The van der Waals surface area contributed by atoms with Gasteiger partial charge in [0.2, 0.25) is 0 Å². The van der Waals surface area contributed by atoms with Crippen LogP contribution in [0.5, 0.6) is 5.75 Å². The SMILES string of the molecule is O=c1cc(OCc2ccc(F)cc2)ccn1-c1ccc(COC2CCNC2)cc1. The van der Waals surface area contributed by atoms with E-state index in [1.54, 1.807) is 29.0 Å². The Kier molecular flexibility index (Phi) is 6.03. The van der Waals surface area contributed by atoms with Crippen molar-refractivity contribution in [1.82, 2.24) is 9.88 Å². The van der Waals surface area contributed by atoms with Crippen molar-refractivity contribution in [2.45, 2.75) is 25.7 Å². The predicted molar refractivity (Wildman–Crippen MR) is 109 cm³/mol. The summed E-state index contributed by atoms with van der Waals surface area (Å²) >= 11 is 0. The molecule has 3 aromatic rings. The van der Waals surface area contributed by atoms with E-state index in [0.29, 0.717) is 12.4 Å². The van der Waals surface area contributed by atoms with Gasteiger partial charge >= 0.3 is 0 Å². The molecule has 1 atom stereocenters. The summed E-state index contributed by atoms with van der Waals surface area (Å²) in [7, 11) is 0. The lowest BCUT2D eigenvalue weighted by Crippen LogP contribution is -2.17. The molecule has 0 aliphatic carbocycles. The van der Waals surface area contributed by atoms with Crippen LogP contribution in [-0.4, -0.2) is 23.8 Å². The molecule has 2 aromatic carbocycles. The lowest BCUT2D eigenvalue weighted by Gasteiger charge is -2.12. The average Bonchev–Trinajstić information content (AvgIpc) is 3.26. The molecular formula is C23H23FN2O3. The summed E-state index contributed by atoms with van der Waals surface area (Å²) in [5.41, 5.74) is 2.52. The lowest BCUT2D eigenvalue weighted by atomic mass is 10.2. The maximum Gasteiger partial charge on any atom is 0.258 e. The normalized spacial score (nSPS) is 16.1.